The molecular formula is C38H36N8O2S3. The van der Waals surface area contributed by atoms with E-state index in [-0.39, 0.29) is 11.8 Å². The van der Waals surface area contributed by atoms with Crippen LogP contribution in [0.15, 0.2) is 131 Å². The third-order valence-electron chi connectivity index (χ3n) is 9.44. The van der Waals surface area contributed by atoms with Gasteiger partial charge in [-0.3, -0.25) is 30.2 Å². The van der Waals surface area contributed by atoms with Gasteiger partial charge >= 0.3 is 0 Å². The minimum Gasteiger partial charge on any atom is -0.293 e. The van der Waals surface area contributed by atoms with Gasteiger partial charge < -0.3 is 0 Å². The summed E-state index contributed by atoms with van der Waals surface area (Å²) in [4.78, 5) is 41.8. The maximum absolute atomic E-state index is 14.3. The molecule has 2 N–H and O–H groups in total. The molecular weight excluding hydrogens is 697 g/mol. The van der Waals surface area contributed by atoms with Crippen LogP contribution < -0.4 is 20.7 Å². The molecule has 4 aromatic carbocycles. The molecule has 3 saturated heterocycles. The standard InChI is InChI=1S/C38H36N8O2S3/c47-33-31(50-36(39-27-15-5-1-6-16-27)45(33)29-19-9-3-10-20-29)25-43-38(23-13-14-24-38)44(42-35(49)41-43)26-32-34(48)46(30-21-11-4-12-22-30)37(51-32)40-28-17-7-2-8-18-28/h1-12,15-22,31-32H,13-14,23-26H2,(H2,41,42,49). The van der Waals surface area contributed by atoms with Crippen molar-refractivity contribution in [1.29, 1.82) is 0 Å². The molecule has 0 radical (unpaired) electrons. The van der Waals surface area contributed by atoms with Crippen LogP contribution in [0.1, 0.15) is 25.7 Å². The van der Waals surface area contributed by atoms with Crippen molar-refractivity contribution >= 4 is 85.8 Å². The molecule has 1 spiro atoms. The van der Waals surface area contributed by atoms with Crippen LogP contribution in [0.25, 0.3) is 0 Å². The van der Waals surface area contributed by atoms with Gasteiger partial charge in [-0.2, -0.15) is 10.0 Å². The molecule has 51 heavy (non-hydrogen) atoms. The molecule has 258 valence electrons. The number of hydrogen-bond acceptors (Lipinski definition) is 9. The van der Waals surface area contributed by atoms with Crippen molar-refractivity contribution in [3.8, 4) is 0 Å². The highest BCUT2D eigenvalue weighted by Gasteiger charge is 2.53. The molecule has 3 aliphatic heterocycles. The van der Waals surface area contributed by atoms with Crippen molar-refractivity contribution < 1.29 is 9.59 Å². The van der Waals surface area contributed by atoms with Crippen molar-refractivity contribution in [2.24, 2.45) is 9.98 Å². The lowest BCUT2D eigenvalue weighted by atomic mass is 10.1. The first-order valence-electron chi connectivity index (χ1n) is 17.0. The van der Waals surface area contributed by atoms with E-state index in [1.54, 1.807) is 9.80 Å². The summed E-state index contributed by atoms with van der Waals surface area (Å²) < 4.78 is 0. The van der Waals surface area contributed by atoms with Gasteiger partial charge in [0.05, 0.1) is 22.7 Å². The smallest absolute Gasteiger partial charge is 0.248 e. The molecule has 10 nitrogen and oxygen atoms in total. The van der Waals surface area contributed by atoms with Crippen molar-refractivity contribution in [2.45, 2.75) is 41.8 Å². The minimum absolute atomic E-state index is 0.0337. The molecule has 1 aliphatic carbocycles. The molecule has 2 atom stereocenters. The van der Waals surface area contributed by atoms with Crippen LogP contribution in [0, 0.1) is 0 Å². The highest BCUT2D eigenvalue weighted by atomic mass is 32.2. The van der Waals surface area contributed by atoms with E-state index >= 15 is 0 Å². The summed E-state index contributed by atoms with van der Waals surface area (Å²) in [6.45, 7) is 0.781. The van der Waals surface area contributed by atoms with Crippen LogP contribution in [0.2, 0.25) is 0 Å². The zero-order valence-corrected chi connectivity index (χ0v) is 30.1. The fourth-order valence-electron chi connectivity index (χ4n) is 7.04. The van der Waals surface area contributed by atoms with Crippen molar-refractivity contribution in [3.05, 3.63) is 121 Å². The maximum Gasteiger partial charge on any atom is 0.248 e. The van der Waals surface area contributed by atoms with Crippen LogP contribution in [0.3, 0.4) is 0 Å². The fourth-order valence-corrected chi connectivity index (χ4v) is 9.55. The summed E-state index contributed by atoms with van der Waals surface area (Å²) in [5, 5.41) is 5.09. The average Bonchev–Trinajstić information content (AvgIpc) is 3.85. The molecule has 4 aliphatic rings. The second kappa shape index (κ2) is 14.6. The number of benzene rings is 4. The number of para-hydroxylation sites is 4. The van der Waals surface area contributed by atoms with Crippen LogP contribution in [0.5, 0.6) is 0 Å². The molecule has 4 aromatic rings. The Morgan fingerprint density at radius 1 is 0.608 bits per heavy atom. The third-order valence-corrected chi connectivity index (χ3v) is 11.9. The van der Waals surface area contributed by atoms with Crippen molar-refractivity contribution in [2.75, 3.05) is 22.9 Å². The number of thiocarbonyl (C=S) groups is 1. The maximum atomic E-state index is 14.3. The number of amidine groups is 2. The molecule has 0 bridgehead atoms. The Bertz CT molecular complexity index is 1830. The number of nitrogens with zero attached hydrogens (tertiary/aromatic N) is 6. The molecule has 0 aromatic heterocycles. The van der Waals surface area contributed by atoms with Gasteiger partial charge in [0.15, 0.2) is 15.4 Å². The van der Waals surface area contributed by atoms with Crippen LogP contribution in [-0.4, -0.2) is 66.5 Å². The van der Waals surface area contributed by atoms with Crippen LogP contribution in [0.4, 0.5) is 22.7 Å². The zero-order chi connectivity index (χ0) is 34.8. The van der Waals surface area contributed by atoms with E-state index in [2.05, 4.69) is 20.9 Å². The third kappa shape index (κ3) is 6.79. The average molecular weight is 733 g/mol. The first-order valence-corrected chi connectivity index (χ1v) is 19.2. The summed E-state index contributed by atoms with van der Waals surface area (Å²) >= 11 is 8.72. The van der Waals surface area contributed by atoms with Gasteiger partial charge in [0.25, 0.3) is 0 Å². The van der Waals surface area contributed by atoms with Crippen molar-refractivity contribution in [3.63, 3.8) is 0 Å². The number of carbonyl (C=O) groups excluding carboxylic acids is 2. The predicted octanol–water partition coefficient (Wildman–Crippen LogP) is 6.84. The number of amides is 2. The number of aliphatic imine (C=N–C) groups is 2. The van der Waals surface area contributed by atoms with Gasteiger partial charge in [0, 0.05) is 13.1 Å². The van der Waals surface area contributed by atoms with Gasteiger partial charge in [0.1, 0.15) is 16.2 Å². The lowest BCUT2D eigenvalue weighted by Gasteiger charge is -2.53. The molecule has 13 heteroatoms. The molecule has 3 heterocycles. The minimum atomic E-state index is -0.516. The second-order valence-electron chi connectivity index (χ2n) is 12.7. The Kier molecular flexibility index (Phi) is 9.62. The van der Waals surface area contributed by atoms with E-state index in [4.69, 9.17) is 22.2 Å². The van der Waals surface area contributed by atoms with Gasteiger partial charge in [-0.25, -0.2) is 9.98 Å². The van der Waals surface area contributed by atoms with Crippen LogP contribution in [-0.2, 0) is 9.59 Å². The normalized spacial score (nSPS) is 23.8. The SMILES string of the molecule is O=C1C(CN2NC(=S)NN(CC3SC(=Nc4ccccc4)N(c4ccccc4)C3=O)C23CCCC3)SC(=Nc2ccccc2)N1c1ccccc1. The summed E-state index contributed by atoms with van der Waals surface area (Å²) in [6.07, 6.45) is 3.70. The molecule has 4 fully saturated rings. The number of hydrogen-bond donors (Lipinski definition) is 2. The highest BCUT2D eigenvalue weighted by Crippen LogP contribution is 2.43. The number of carbonyl (C=O) groups is 2. The van der Waals surface area contributed by atoms with E-state index in [1.807, 2.05) is 121 Å². The molecule has 8 rings (SSSR count). The van der Waals surface area contributed by atoms with E-state index in [0.29, 0.717) is 28.5 Å². The summed E-state index contributed by atoms with van der Waals surface area (Å²) in [7, 11) is 0. The predicted molar refractivity (Wildman–Crippen MR) is 211 cm³/mol. The van der Waals surface area contributed by atoms with E-state index in [9.17, 15) is 9.59 Å². The Morgan fingerprint density at radius 3 is 1.37 bits per heavy atom. The lowest BCUT2D eigenvalue weighted by Crippen LogP contribution is -2.76. The lowest BCUT2D eigenvalue weighted by molar-refractivity contribution is -0.127. The number of thioether (sulfide) groups is 2. The Labute approximate surface area is 310 Å². The van der Waals surface area contributed by atoms with Crippen molar-refractivity contribution in [1.82, 2.24) is 20.9 Å². The Balaban J connectivity index is 1.08. The highest BCUT2D eigenvalue weighted by molar-refractivity contribution is 8.16. The molecule has 1 saturated carbocycles. The molecule has 2 unspecified atom stereocenters. The Morgan fingerprint density at radius 2 is 0.980 bits per heavy atom. The van der Waals surface area contributed by atoms with Gasteiger partial charge in [0.2, 0.25) is 11.8 Å². The quantitative estimate of drug-likeness (QED) is 0.189. The zero-order valence-electron chi connectivity index (χ0n) is 27.7. The first-order chi connectivity index (χ1) is 25.0. The van der Waals surface area contributed by atoms with E-state index in [0.717, 1.165) is 48.4 Å². The Hall–Kier alpha value is -4.53. The van der Waals surface area contributed by atoms with Gasteiger partial charge in [-0.05, 0) is 73.6 Å². The summed E-state index contributed by atoms with van der Waals surface area (Å²) in [5.74, 6) is -0.0674. The summed E-state index contributed by atoms with van der Waals surface area (Å²) in [5.41, 5.74) is 9.45. The summed E-state index contributed by atoms with van der Waals surface area (Å²) in [6, 6.07) is 38.8. The number of nitrogens with one attached hydrogen (secondary N) is 2. The second-order valence-corrected chi connectivity index (χ2v) is 15.4. The van der Waals surface area contributed by atoms with E-state index in [1.165, 1.54) is 23.5 Å². The number of rotatable bonds is 8. The van der Waals surface area contributed by atoms with Gasteiger partial charge in [-0.15, -0.1) is 0 Å². The van der Waals surface area contributed by atoms with Crippen LogP contribution >= 0.6 is 35.7 Å². The van der Waals surface area contributed by atoms with E-state index < -0.39 is 16.2 Å². The largest absolute Gasteiger partial charge is 0.293 e. The first kappa shape index (κ1) is 33.6. The topological polar surface area (TPSA) is 95.9 Å². The fraction of sp³-hybridized carbons (Fsp3) is 0.237. The van der Waals surface area contributed by atoms with Gasteiger partial charge in [-0.1, -0.05) is 109 Å². The molecule has 2 amide bonds. The monoisotopic (exact) mass is 732 g/mol. The number of anilines is 2. The number of hydrazine groups is 2.